The van der Waals surface area contributed by atoms with E-state index in [2.05, 4.69) is 4.72 Å². The van der Waals surface area contributed by atoms with Crippen molar-refractivity contribution in [2.45, 2.75) is 17.6 Å². The van der Waals surface area contributed by atoms with Crippen molar-refractivity contribution in [2.24, 2.45) is 0 Å². The molecule has 1 aromatic rings. The highest BCUT2D eigenvalue weighted by molar-refractivity contribution is 7.91. The predicted molar refractivity (Wildman–Crippen MR) is 56.9 cm³/mol. The fourth-order valence-electron chi connectivity index (χ4n) is 1.08. The van der Waals surface area contributed by atoms with Crippen LogP contribution in [0.3, 0.4) is 0 Å². The van der Waals surface area contributed by atoms with Crippen LogP contribution in [-0.4, -0.2) is 26.5 Å². The van der Waals surface area contributed by atoms with Crippen LogP contribution in [0.5, 0.6) is 0 Å². The summed E-state index contributed by atoms with van der Waals surface area (Å²) in [5.41, 5.74) is 0.543. The highest BCUT2D eigenvalue weighted by atomic mass is 32.2. The molecule has 0 fully saturated rings. The van der Waals surface area contributed by atoms with Crippen LogP contribution >= 0.6 is 11.3 Å². The van der Waals surface area contributed by atoms with Gasteiger partial charge in [-0.3, -0.25) is 0 Å². The zero-order valence-corrected chi connectivity index (χ0v) is 9.91. The minimum absolute atomic E-state index is 0.0410. The van der Waals surface area contributed by atoms with Crippen LogP contribution in [0.25, 0.3) is 0 Å². The fourth-order valence-corrected chi connectivity index (χ4v) is 3.34. The molecule has 0 aliphatic heterocycles. The van der Waals surface area contributed by atoms with Gasteiger partial charge < -0.3 is 5.11 Å². The van der Waals surface area contributed by atoms with Gasteiger partial charge in [-0.2, -0.15) is 0 Å². The number of sulfonamides is 1. The largest absolute Gasteiger partial charge is 0.477 e. The van der Waals surface area contributed by atoms with E-state index in [1.807, 2.05) is 0 Å². The van der Waals surface area contributed by atoms with Crippen molar-refractivity contribution in [1.82, 2.24) is 4.72 Å². The average Bonchev–Trinajstić information content (AvgIpc) is 2.62. The van der Waals surface area contributed by atoms with Crippen LogP contribution in [-0.2, 0) is 16.4 Å². The lowest BCUT2D eigenvalue weighted by atomic mass is 10.2. The summed E-state index contributed by atoms with van der Waals surface area (Å²) < 4.78 is 25.0. The van der Waals surface area contributed by atoms with Gasteiger partial charge in [0.05, 0.1) is 0 Å². The van der Waals surface area contributed by atoms with Gasteiger partial charge in [0.15, 0.2) is 0 Å². The zero-order valence-electron chi connectivity index (χ0n) is 8.27. The van der Waals surface area contributed by atoms with Gasteiger partial charge in [0, 0.05) is 0 Å². The van der Waals surface area contributed by atoms with E-state index in [-0.39, 0.29) is 9.09 Å². The molecule has 0 atom stereocenters. The van der Waals surface area contributed by atoms with Gasteiger partial charge >= 0.3 is 5.97 Å². The summed E-state index contributed by atoms with van der Waals surface area (Å²) in [6.07, 6.45) is 0.497. The molecule has 0 saturated carbocycles. The number of carboxylic acids is 1. The molecule has 0 aliphatic carbocycles. The van der Waals surface area contributed by atoms with E-state index < -0.39 is 16.0 Å². The summed E-state index contributed by atoms with van der Waals surface area (Å²) in [6, 6.07) is 1.40. The Morgan fingerprint density at radius 3 is 2.53 bits per heavy atom. The Morgan fingerprint density at radius 2 is 2.20 bits per heavy atom. The van der Waals surface area contributed by atoms with E-state index in [4.69, 9.17) is 5.11 Å². The minimum atomic E-state index is -3.54. The predicted octanol–water partition coefficient (Wildman–Crippen LogP) is 0.917. The molecule has 5 nitrogen and oxygen atoms in total. The second kappa shape index (κ2) is 4.30. The number of aromatic carboxylic acids is 1. The first-order chi connectivity index (χ1) is 6.92. The zero-order chi connectivity index (χ0) is 11.6. The third-order valence-corrected chi connectivity index (χ3v) is 4.95. The van der Waals surface area contributed by atoms with E-state index in [0.717, 1.165) is 11.3 Å². The number of nitrogens with one attached hydrogen (secondary N) is 1. The van der Waals surface area contributed by atoms with E-state index in [1.165, 1.54) is 13.1 Å². The van der Waals surface area contributed by atoms with Crippen molar-refractivity contribution in [1.29, 1.82) is 0 Å². The van der Waals surface area contributed by atoms with E-state index in [9.17, 15) is 13.2 Å². The van der Waals surface area contributed by atoms with E-state index >= 15 is 0 Å². The molecule has 1 heterocycles. The van der Waals surface area contributed by atoms with Crippen LogP contribution in [0.2, 0.25) is 0 Å². The summed E-state index contributed by atoms with van der Waals surface area (Å²) in [4.78, 5) is 10.9. The lowest BCUT2D eigenvalue weighted by Gasteiger charge is -1.95. The lowest BCUT2D eigenvalue weighted by Crippen LogP contribution is -2.17. The number of hydrogen-bond donors (Lipinski definition) is 2. The Morgan fingerprint density at radius 1 is 1.60 bits per heavy atom. The normalized spacial score (nSPS) is 11.6. The Kier molecular flexibility index (Phi) is 3.48. The summed E-state index contributed by atoms with van der Waals surface area (Å²) in [7, 11) is -2.25. The molecule has 0 aliphatic rings. The molecule has 15 heavy (non-hydrogen) atoms. The van der Waals surface area contributed by atoms with Gasteiger partial charge in [-0.25, -0.2) is 17.9 Å². The molecule has 0 radical (unpaired) electrons. The van der Waals surface area contributed by atoms with Gasteiger partial charge in [-0.15, -0.1) is 11.3 Å². The standard InChI is InChI=1S/C8H11NO4S2/c1-3-5-4-6(15(12,13)9-2)14-7(5)8(10)11/h4,9H,3H2,1-2H3,(H,10,11). The molecular formula is C8H11NO4S2. The second-order valence-corrected chi connectivity index (χ2v) is 5.95. The van der Waals surface area contributed by atoms with Gasteiger partial charge in [0.25, 0.3) is 0 Å². The number of rotatable bonds is 4. The number of carboxylic acid groups (broad SMARTS) is 1. The van der Waals surface area contributed by atoms with Crippen molar-refractivity contribution in [3.8, 4) is 0 Å². The smallest absolute Gasteiger partial charge is 0.346 e. The molecule has 2 N–H and O–H groups in total. The number of hydrogen-bond acceptors (Lipinski definition) is 4. The Labute approximate surface area is 91.8 Å². The molecule has 0 bridgehead atoms. The summed E-state index contributed by atoms with van der Waals surface area (Å²) in [5, 5.41) is 8.84. The van der Waals surface area contributed by atoms with Gasteiger partial charge in [0.1, 0.15) is 9.09 Å². The first-order valence-corrected chi connectivity index (χ1v) is 6.52. The van der Waals surface area contributed by atoms with E-state index in [1.54, 1.807) is 6.92 Å². The molecule has 1 rings (SSSR count). The fraction of sp³-hybridized carbons (Fsp3) is 0.375. The molecule has 0 unspecified atom stereocenters. The average molecular weight is 249 g/mol. The Bertz CT molecular complexity index is 475. The highest BCUT2D eigenvalue weighted by Crippen LogP contribution is 2.26. The summed E-state index contributed by atoms with van der Waals surface area (Å²) in [5.74, 6) is -1.09. The third kappa shape index (κ3) is 2.36. The maximum absolute atomic E-state index is 11.4. The quantitative estimate of drug-likeness (QED) is 0.831. The Balaban J connectivity index is 3.32. The number of aryl methyl sites for hydroxylation is 1. The molecular weight excluding hydrogens is 238 g/mol. The van der Waals surface area contributed by atoms with Crippen molar-refractivity contribution >= 4 is 27.3 Å². The Hall–Kier alpha value is -0.920. The molecule has 0 spiro atoms. The molecule has 84 valence electrons. The van der Waals surface area contributed by atoms with Crippen LogP contribution in [0, 0.1) is 0 Å². The SMILES string of the molecule is CCc1cc(S(=O)(=O)NC)sc1C(=O)O. The first-order valence-electron chi connectivity index (χ1n) is 4.22. The molecule has 0 amide bonds. The molecule has 0 saturated heterocycles. The minimum Gasteiger partial charge on any atom is -0.477 e. The number of carbonyl (C=O) groups is 1. The van der Waals surface area contributed by atoms with Crippen LogP contribution in [0.4, 0.5) is 0 Å². The number of thiophene rings is 1. The van der Waals surface area contributed by atoms with Crippen molar-refractivity contribution in [3.05, 3.63) is 16.5 Å². The maximum Gasteiger partial charge on any atom is 0.346 e. The van der Waals surface area contributed by atoms with Crippen LogP contribution in [0.15, 0.2) is 10.3 Å². The highest BCUT2D eigenvalue weighted by Gasteiger charge is 2.21. The van der Waals surface area contributed by atoms with E-state index in [0.29, 0.717) is 12.0 Å². The monoisotopic (exact) mass is 249 g/mol. The van der Waals surface area contributed by atoms with Crippen LogP contribution in [0.1, 0.15) is 22.2 Å². The van der Waals surface area contributed by atoms with Crippen LogP contribution < -0.4 is 4.72 Å². The van der Waals surface area contributed by atoms with Gasteiger partial charge in [0.2, 0.25) is 10.0 Å². The van der Waals surface area contributed by atoms with Gasteiger partial charge in [-0.05, 0) is 25.1 Å². The van der Waals surface area contributed by atoms with Gasteiger partial charge in [-0.1, -0.05) is 6.92 Å². The van der Waals surface area contributed by atoms with Crippen molar-refractivity contribution in [3.63, 3.8) is 0 Å². The molecule has 7 heteroatoms. The van der Waals surface area contributed by atoms with Crippen molar-refractivity contribution in [2.75, 3.05) is 7.05 Å². The second-order valence-electron chi connectivity index (χ2n) is 2.79. The molecule has 1 aromatic heterocycles. The lowest BCUT2D eigenvalue weighted by molar-refractivity contribution is 0.0701. The third-order valence-electron chi connectivity index (χ3n) is 1.90. The summed E-state index contributed by atoms with van der Waals surface area (Å²) >= 11 is 0.774. The van der Waals surface area contributed by atoms with Crippen molar-refractivity contribution < 1.29 is 18.3 Å². The molecule has 0 aromatic carbocycles. The topological polar surface area (TPSA) is 83.5 Å². The first kappa shape index (κ1) is 12.2. The summed E-state index contributed by atoms with van der Waals surface area (Å²) in [6.45, 7) is 1.78. The maximum atomic E-state index is 11.4.